The van der Waals surface area contributed by atoms with Crippen molar-refractivity contribution < 1.29 is 0 Å². The number of hydrogen-bond acceptors (Lipinski definition) is 12. The standard InChI is InChI=1S/C40H51N9S3/c1-8-10-19-41-36-33-24(4)22-50-39(33)48-32(45-36)16-12-14-26-20-27-35(49-40(5,6)7)44-31(47-37(27)51-26)15-11-13-23(3)29-21-28-34(42-25-17-18-25)43-30(9-2)46-38(28)52-29/h20-22,25H,3,8-19H2,1-2,4-7H3,(H,41,45,48)(H,42,43,46)(H,44,47,49). The third kappa shape index (κ3) is 8.72. The lowest BCUT2D eigenvalue weighted by Gasteiger charge is -2.22. The first-order valence-corrected chi connectivity index (χ1v) is 21.4. The highest BCUT2D eigenvalue weighted by Crippen LogP contribution is 2.37. The molecular formula is C40H51N9S3. The molecule has 1 fully saturated rings. The fourth-order valence-corrected chi connectivity index (χ4v) is 9.36. The highest BCUT2D eigenvalue weighted by atomic mass is 32.1. The Labute approximate surface area is 319 Å². The minimum Gasteiger partial charge on any atom is -0.369 e. The van der Waals surface area contributed by atoms with E-state index < -0.39 is 0 Å². The van der Waals surface area contributed by atoms with Crippen LogP contribution in [0.5, 0.6) is 0 Å². The van der Waals surface area contributed by atoms with E-state index in [4.69, 9.17) is 29.9 Å². The zero-order chi connectivity index (χ0) is 36.4. The van der Waals surface area contributed by atoms with Crippen molar-refractivity contribution in [1.29, 1.82) is 0 Å². The first-order valence-electron chi connectivity index (χ1n) is 18.9. The van der Waals surface area contributed by atoms with Gasteiger partial charge in [0.25, 0.3) is 0 Å². The molecule has 0 atom stereocenters. The van der Waals surface area contributed by atoms with Gasteiger partial charge in [0.15, 0.2) is 0 Å². The number of thiophene rings is 3. The lowest BCUT2D eigenvalue weighted by molar-refractivity contribution is 0.630. The summed E-state index contributed by atoms with van der Waals surface area (Å²) in [4.78, 5) is 35.4. The van der Waals surface area contributed by atoms with Crippen LogP contribution in [0.2, 0.25) is 0 Å². The summed E-state index contributed by atoms with van der Waals surface area (Å²) in [5.74, 6) is 5.56. The molecule has 0 amide bonds. The van der Waals surface area contributed by atoms with E-state index >= 15 is 0 Å². The summed E-state index contributed by atoms with van der Waals surface area (Å²) in [6, 6.07) is 5.05. The molecule has 1 aliphatic carbocycles. The quantitative estimate of drug-likeness (QED) is 0.0783. The van der Waals surface area contributed by atoms with Crippen molar-refractivity contribution in [1.82, 2.24) is 29.9 Å². The molecule has 12 heteroatoms. The second-order valence-electron chi connectivity index (χ2n) is 15.1. The van der Waals surface area contributed by atoms with Crippen molar-refractivity contribution in [3.05, 3.63) is 56.9 Å². The summed E-state index contributed by atoms with van der Waals surface area (Å²) >= 11 is 5.22. The van der Waals surface area contributed by atoms with Crippen LogP contribution in [0, 0.1) is 6.92 Å². The molecule has 1 aliphatic rings. The Bertz CT molecular complexity index is 2200. The van der Waals surface area contributed by atoms with Gasteiger partial charge in [-0.3, -0.25) is 0 Å². The van der Waals surface area contributed by atoms with E-state index in [1.165, 1.54) is 33.5 Å². The maximum Gasteiger partial charge on any atom is 0.138 e. The number of hydrogen-bond donors (Lipinski definition) is 3. The Morgan fingerprint density at radius 1 is 0.808 bits per heavy atom. The molecule has 6 heterocycles. The van der Waals surface area contributed by atoms with E-state index in [2.05, 4.69) is 81.6 Å². The van der Waals surface area contributed by atoms with Crippen LogP contribution in [-0.2, 0) is 25.7 Å². The first kappa shape index (κ1) is 36.6. The van der Waals surface area contributed by atoms with Gasteiger partial charge in [-0.15, -0.1) is 34.0 Å². The molecule has 0 bridgehead atoms. The summed E-state index contributed by atoms with van der Waals surface area (Å²) in [6.45, 7) is 18.4. The van der Waals surface area contributed by atoms with Crippen LogP contribution in [-0.4, -0.2) is 48.0 Å². The van der Waals surface area contributed by atoms with Crippen LogP contribution < -0.4 is 16.0 Å². The molecular weight excluding hydrogens is 703 g/mol. The van der Waals surface area contributed by atoms with Crippen LogP contribution in [0.4, 0.5) is 17.5 Å². The largest absolute Gasteiger partial charge is 0.369 e. The smallest absolute Gasteiger partial charge is 0.138 e. The molecule has 7 rings (SSSR count). The number of rotatable bonds is 17. The highest BCUT2D eigenvalue weighted by Gasteiger charge is 2.24. The van der Waals surface area contributed by atoms with Crippen molar-refractivity contribution >= 4 is 87.7 Å². The number of allylic oxidation sites excluding steroid dienone is 1. The molecule has 274 valence electrons. The second-order valence-corrected chi connectivity index (χ2v) is 18.1. The van der Waals surface area contributed by atoms with Gasteiger partial charge in [0, 0.05) is 47.1 Å². The SMILES string of the molecule is C=C(CCCc1nc(NC(C)(C)C)c2cc(CCCc3nc(NCCCC)c4c(C)csc4n3)sc2n1)c1cc2c(NC3CC3)nc(CC)nc2s1. The van der Waals surface area contributed by atoms with Gasteiger partial charge >= 0.3 is 0 Å². The number of anilines is 3. The summed E-state index contributed by atoms with van der Waals surface area (Å²) < 4.78 is 0. The van der Waals surface area contributed by atoms with E-state index in [0.717, 1.165) is 130 Å². The Hall–Kier alpha value is -3.74. The molecule has 0 unspecified atom stereocenters. The highest BCUT2D eigenvalue weighted by molar-refractivity contribution is 7.19. The van der Waals surface area contributed by atoms with Crippen LogP contribution in [0.25, 0.3) is 36.2 Å². The van der Waals surface area contributed by atoms with Gasteiger partial charge in [-0.05, 0) is 101 Å². The summed E-state index contributed by atoms with van der Waals surface area (Å²) in [7, 11) is 0. The molecule has 0 saturated heterocycles. The van der Waals surface area contributed by atoms with Crippen molar-refractivity contribution in [3.63, 3.8) is 0 Å². The van der Waals surface area contributed by atoms with E-state index in [1.54, 1.807) is 34.0 Å². The Balaban J connectivity index is 1.03. The molecule has 1 saturated carbocycles. The van der Waals surface area contributed by atoms with Crippen LogP contribution in [0.3, 0.4) is 0 Å². The maximum absolute atomic E-state index is 5.09. The van der Waals surface area contributed by atoms with Crippen molar-refractivity contribution in [3.8, 4) is 0 Å². The first-order chi connectivity index (χ1) is 25.1. The minimum atomic E-state index is -0.122. The second kappa shape index (κ2) is 15.7. The third-order valence-corrected chi connectivity index (χ3v) is 12.4. The summed E-state index contributed by atoms with van der Waals surface area (Å²) in [5, 5.41) is 16.4. The number of unbranched alkanes of at least 4 members (excludes halogenated alkanes) is 1. The van der Waals surface area contributed by atoms with Gasteiger partial charge in [-0.1, -0.05) is 26.8 Å². The van der Waals surface area contributed by atoms with Crippen LogP contribution in [0.1, 0.15) is 112 Å². The summed E-state index contributed by atoms with van der Waals surface area (Å²) in [6.07, 6.45) is 10.9. The van der Waals surface area contributed by atoms with Crippen LogP contribution >= 0.6 is 34.0 Å². The fourth-order valence-electron chi connectivity index (χ4n) is 6.29. The Kier molecular flexibility index (Phi) is 11.1. The average Bonchev–Trinajstić information content (AvgIpc) is 3.46. The number of fused-ring (bicyclic) bond motifs is 3. The minimum absolute atomic E-state index is 0.122. The van der Waals surface area contributed by atoms with Gasteiger partial charge in [0.1, 0.15) is 49.4 Å². The van der Waals surface area contributed by atoms with E-state index in [1.807, 2.05) is 0 Å². The molecule has 52 heavy (non-hydrogen) atoms. The van der Waals surface area contributed by atoms with E-state index in [0.29, 0.717) is 6.04 Å². The maximum atomic E-state index is 5.09. The van der Waals surface area contributed by atoms with Crippen molar-refractivity contribution in [2.24, 2.45) is 0 Å². The number of aromatic nitrogens is 6. The van der Waals surface area contributed by atoms with Gasteiger partial charge in [-0.2, -0.15) is 0 Å². The van der Waals surface area contributed by atoms with Gasteiger partial charge < -0.3 is 16.0 Å². The molecule has 0 aromatic carbocycles. The zero-order valence-corrected chi connectivity index (χ0v) is 33.9. The average molecular weight is 754 g/mol. The molecule has 3 N–H and O–H groups in total. The number of nitrogens with one attached hydrogen (secondary N) is 3. The molecule has 0 radical (unpaired) electrons. The lowest BCUT2D eigenvalue weighted by atomic mass is 10.1. The monoisotopic (exact) mass is 753 g/mol. The third-order valence-electron chi connectivity index (χ3n) is 9.19. The van der Waals surface area contributed by atoms with E-state index in [-0.39, 0.29) is 5.54 Å². The number of aryl methyl sites for hydroxylation is 5. The fraction of sp³-hybridized carbons (Fsp3) is 0.500. The molecule has 6 aromatic rings. The lowest BCUT2D eigenvalue weighted by Crippen LogP contribution is -2.27. The Morgan fingerprint density at radius 2 is 1.50 bits per heavy atom. The van der Waals surface area contributed by atoms with Gasteiger partial charge in [-0.25, -0.2) is 29.9 Å². The van der Waals surface area contributed by atoms with Crippen LogP contribution in [0.15, 0.2) is 24.1 Å². The molecule has 0 aliphatic heterocycles. The predicted molar refractivity (Wildman–Crippen MR) is 224 cm³/mol. The normalized spacial score (nSPS) is 13.4. The van der Waals surface area contributed by atoms with E-state index in [9.17, 15) is 0 Å². The number of nitrogens with zero attached hydrogens (tertiary/aromatic N) is 6. The van der Waals surface area contributed by atoms with Crippen molar-refractivity contribution in [2.45, 2.75) is 124 Å². The zero-order valence-electron chi connectivity index (χ0n) is 31.4. The molecule has 6 aromatic heterocycles. The van der Waals surface area contributed by atoms with Gasteiger partial charge in [0.2, 0.25) is 0 Å². The molecule has 9 nitrogen and oxygen atoms in total. The predicted octanol–water partition coefficient (Wildman–Crippen LogP) is 10.8. The molecule has 0 spiro atoms. The van der Waals surface area contributed by atoms with Gasteiger partial charge in [0.05, 0.1) is 16.2 Å². The van der Waals surface area contributed by atoms with Crippen molar-refractivity contribution in [2.75, 3.05) is 22.5 Å². The topological polar surface area (TPSA) is 113 Å². The Morgan fingerprint density at radius 3 is 2.25 bits per heavy atom. The summed E-state index contributed by atoms with van der Waals surface area (Å²) in [5.41, 5.74) is 2.25.